The number of rotatable bonds is 5. The van der Waals surface area contributed by atoms with Gasteiger partial charge in [-0.25, -0.2) is 13.6 Å². The molecule has 0 saturated heterocycles. The van der Waals surface area contributed by atoms with Crippen molar-refractivity contribution in [3.8, 4) is 0 Å². The fourth-order valence-corrected chi connectivity index (χ4v) is 8.41. The predicted octanol–water partition coefficient (Wildman–Crippen LogP) is 6.51. The fourth-order valence-electron chi connectivity index (χ4n) is 8.28. The first-order chi connectivity index (χ1) is 21.2. The quantitative estimate of drug-likeness (QED) is 0.283. The number of carbonyl (C=O) groups excluding carboxylic acids is 3. The third-order valence-corrected chi connectivity index (χ3v) is 10.8. The number of carbonyl (C=O) groups is 3. The van der Waals surface area contributed by atoms with Gasteiger partial charge in [-0.1, -0.05) is 42.8 Å². The number of fused-ring (bicyclic) bond motifs is 5. The molecule has 3 fully saturated rings. The Balaban J connectivity index is 0.000000342. The lowest BCUT2D eigenvalue weighted by molar-refractivity contribution is -0.202. The summed E-state index contributed by atoms with van der Waals surface area (Å²) in [6, 6.07) is 15.3. The van der Waals surface area contributed by atoms with Gasteiger partial charge in [-0.05, 0) is 98.1 Å². The molecule has 45 heavy (non-hydrogen) atoms. The average Bonchev–Trinajstić information content (AvgIpc) is 3.35. The molecule has 3 saturated carbocycles. The van der Waals surface area contributed by atoms with Crippen LogP contribution in [0, 0.1) is 28.6 Å². The van der Waals surface area contributed by atoms with Gasteiger partial charge in [0, 0.05) is 29.3 Å². The van der Waals surface area contributed by atoms with Crippen molar-refractivity contribution in [1.29, 1.82) is 0 Å². The Morgan fingerprint density at radius 1 is 1.07 bits per heavy atom. The number of benzene rings is 2. The number of hydrogen-bond acceptors (Lipinski definition) is 7. The van der Waals surface area contributed by atoms with Gasteiger partial charge in [-0.2, -0.15) is 0 Å². The molecule has 8 atom stereocenters. The van der Waals surface area contributed by atoms with Crippen LogP contribution < -0.4 is 5.06 Å². The molecule has 0 amide bonds. The number of ether oxygens (including phenoxy) is 1. The second-order valence-electron chi connectivity index (χ2n) is 13.0. The molecule has 4 aliphatic carbocycles. The first kappa shape index (κ1) is 33.0. The monoisotopic (exact) mass is 641 g/mol. The number of nitrogens with zero attached hydrogens (tertiary/aromatic N) is 1. The maximum Gasteiger partial charge on any atom is 0.338 e. The topological polar surface area (TPSA) is 104 Å². The van der Waals surface area contributed by atoms with Gasteiger partial charge in [-0.3, -0.25) is 19.9 Å². The summed E-state index contributed by atoms with van der Waals surface area (Å²) in [6.07, 6.45) is 1.78. The van der Waals surface area contributed by atoms with Gasteiger partial charge in [0.05, 0.1) is 17.4 Å². The number of aliphatic hydroxyl groups is 1. The Morgan fingerprint density at radius 3 is 2.38 bits per heavy atom. The maximum absolute atomic E-state index is 17.0. The minimum absolute atomic E-state index is 0.0370. The largest absolute Gasteiger partial charge is 0.454 e. The molecule has 2 aromatic rings. The highest BCUT2D eigenvalue weighted by molar-refractivity contribution is 6.30. The Kier molecular flexibility index (Phi) is 9.10. The van der Waals surface area contributed by atoms with Gasteiger partial charge < -0.3 is 9.84 Å². The van der Waals surface area contributed by atoms with Crippen molar-refractivity contribution in [3.05, 3.63) is 89.0 Å². The van der Waals surface area contributed by atoms with Crippen LogP contribution >= 0.6 is 11.6 Å². The van der Waals surface area contributed by atoms with Crippen LogP contribution in [0.25, 0.3) is 0 Å². The maximum atomic E-state index is 17.0. The highest BCUT2D eigenvalue weighted by Crippen LogP contribution is 2.69. The highest BCUT2D eigenvalue weighted by Gasteiger charge is 2.72. The molecule has 240 valence electrons. The number of anilines is 1. The van der Waals surface area contributed by atoms with Gasteiger partial charge in [-0.15, -0.1) is 0 Å². The van der Waals surface area contributed by atoms with Crippen LogP contribution in [0.4, 0.5) is 14.5 Å². The Hall–Kier alpha value is -3.40. The van der Waals surface area contributed by atoms with Crippen molar-refractivity contribution in [1.82, 2.24) is 0 Å². The summed E-state index contributed by atoms with van der Waals surface area (Å²) >= 11 is 5.62. The molecular weight excluding hydrogens is 604 g/mol. The van der Waals surface area contributed by atoms with Crippen LogP contribution in [0.15, 0.2) is 78.4 Å². The first-order valence-electron chi connectivity index (χ1n) is 15.1. The molecule has 0 radical (unpaired) electrons. The Bertz CT molecular complexity index is 1510. The Labute approximate surface area is 266 Å². The second kappa shape index (κ2) is 12.4. The lowest BCUT2D eigenvalue weighted by Crippen LogP contribution is -2.68. The number of hydrogen-bond donors (Lipinski definition) is 2. The summed E-state index contributed by atoms with van der Waals surface area (Å²) in [7, 11) is 1.56. The fraction of sp³-hybridized carbons (Fsp3) is 0.457. The molecule has 10 heteroatoms. The van der Waals surface area contributed by atoms with Crippen LogP contribution in [0.3, 0.4) is 0 Å². The van der Waals surface area contributed by atoms with E-state index in [1.165, 1.54) is 18.2 Å². The van der Waals surface area contributed by atoms with Gasteiger partial charge in [0.1, 0.15) is 6.17 Å². The van der Waals surface area contributed by atoms with Crippen molar-refractivity contribution >= 4 is 34.8 Å². The first-order valence-corrected chi connectivity index (χ1v) is 15.5. The molecule has 0 aromatic heterocycles. The van der Waals surface area contributed by atoms with Crippen molar-refractivity contribution in [3.63, 3.8) is 0 Å². The molecule has 0 bridgehead atoms. The second-order valence-corrected chi connectivity index (χ2v) is 13.4. The number of ketones is 2. The summed E-state index contributed by atoms with van der Waals surface area (Å²) < 4.78 is 37.7. The zero-order chi connectivity index (χ0) is 32.7. The number of alkyl halides is 2. The van der Waals surface area contributed by atoms with E-state index in [-0.39, 0.29) is 35.9 Å². The number of aliphatic hydroxyl groups excluding tert-OH is 1. The van der Waals surface area contributed by atoms with Crippen molar-refractivity contribution in [2.24, 2.45) is 28.6 Å². The van der Waals surface area contributed by atoms with E-state index in [4.69, 9.17) is 21.5 Å². The van der Waals surface area contributed by atoms with E-state index < -0.39 is 53.2 Å². The molecule has 6 rings (SSSR count). The van der Waals surface area contributed by atoms with E-state index in [0.717, 1.165) is 10.8 Å². The van der Waals surface area contributed by atoms with Gasteiger partial charge >= 0.3 is 5.97 Å². The third kappa shape index (κ3) is 5.75. The number of allylic oxidation sites excluding steroid dienone is 4. The normalized spacial score (nSPS) is 34.7. The molecule has 4 aliphatic rings. The molecule has 0 aliphatic heterocycles. The number of halogens is 3. The van der Waals surface area contributed by atoms with E-state index in [0.29, 0.717) is 23.4 Å². The van der Waals surface area contributed by atoms with Gasteiger partial charge in [0.15, 0.2) is 23.8 Å². The zero-order valence-corrected chi connectivity index (χ0v) is 26.2. The number of esters is 1. The Morgan fingerprint density at radius 2 is 1.73 bits per heavy atom. The molecule has 2 N–H and O–H groups in total. The van der Waals surface area contributed by atoms with E-state index in [1.807, 2.05) is 6.92 Å². The van der Waals surface area contributed by atoms with Crippen LogP contribution in [0.5, 0.6) is 0 Å². The molecule has 2 aromatic carbocycles. The minimum atomic E-state index is -2.15. The van der Waals surface area contributed by atoms with Crippen LogP contribution in [0.2, 0.25) is 5.02 Å². The summed E-state index contributed by atoms with van der Waals surface area (Å²) in [6.45, 7) is 3.03. The van der Waals surface area contributed by atoms with E-state index >= 15 is 8.78 Å². The number of hydroxylamine groups is 1. The van der Waals surface area contributed by atoms with Gasteiger partial charge in [0.25, 0.3) is 0 Å². The van der Waals surface area contributed by atoms with E-state index in [1.54, 1.807) is 68.6 Å². The highest BCUT2D eigenvalue weighted by atomic mass is 35.5. The third-order valence-electron chi connectivity index (χ3n) is 10.6. The predicted molar refractivity (Wildman–Crippen MR) is 165 cm³/mol. The van der Waals surface area contributed by atoms with Gasteiger partial charge in [0.2, 0.25) is 0 Å². The van der Waals surface area contributed by atoms with Crippen molar-refractivity contribution in [2.75, 3.05) is 18.7 Å². The minimum Gasteiger partial charge on any atom is -0.454 e. The smallest absolute Gasteiger partial charge is 0.338 e. The SMILES string of the molecule is CN(O)c1ccc(Cl)cc1.C[C@]12C[C@H](O)[C@@]3(F)[C@@H](C[C@H](F)C4=CC(=O)C=C[C@@]43C)C1CC[C@@H]2C(=O)COC(=O)c1ccccc1. The standard InChI is InChI=1S/C28H30F2O5.C7H8ClNO/c1-26-14-24(33)28(30)20(13-22(29)21-12-17(31)10-11-27(21,28)2)18(26)8-9-19(26)23(32)15-35-25(34)16-6-4-3-5-7-16;1-9(10)7-4-2-6(8)3-5-7/h3-7,10-12,18-20,22,24,33H,8-9,13-15H2,1-2H3;2-5,10H,1H3/t18?,19-,20+,22+,24+,26+,27+,28+;/m1./s1. The average molecular weight is 642 g/mol. The van der Waals surface area contributed by atoms with E-state index in [2.05, 4.69) is 0 Å². The summed E-state index contributed by atoms with van der Waals surface area (Å²) in [4.78, 5) is 37.4. The van der Waals surface area contributed by atoms with Crippen LogP contribution in [0.1, 0.15) is 49.9 Å². The molecule has 0 spiro atoms. The van der Waals surface area contributed by atoms with Crippen LogP contribution in [-0.4, -0.2) is 59.4 Å². The van der Waals surface area contributed by atoms with Crippen LogP contribution in [-0.2, 0) is 14.3 Å². The van der Waals surface area contributed by atoms with Crippen molar-refractivity contribution < 1.29 is 38.2 Å². The summed E-state index contributed by atoms with van der Waals surface area (Å²) in [5.41, 5.74) is -3.17. The number of Topliss-reactive ketones (excluding diaryl/α,β-unsaturated/α-hetero) is 1. The molecule has 1 unspecified atom stereocenters. The summed E-state index contributed by atoms with van der Waals surface area (Å²) in [5.74, 6) is -2.90. The van der Waals surface area contributed by atoms with Crippen molar-refractivity contribution in [2.45, 2.75) is 57.5 Å². The van der Waals surface area contributed by atoms with E-state index in [9.17, 15) is 19.5 Å². The lowest BCUT2D eigenvalue weighted by Gasteiger charge is -2.62. The molecule has 7 nitrogen and oxygen atoms in total. The molecule has 0 heterocycles. The zero-order valence-electron chi connectivity index (χ0n) is 25.5. The summed E-state index contributed by atoms with van der Waals surface area (Å²) in [5, 5.41) is 21.9. The lowest BCUT2D eigenvalue weighted by atomic mass is 9.45. The molecular formula is C35H38ClF2NO6.